The second-order valence-corrected chi connectivity index (χ2v) is 6.35. The third kappa shape index (κ3) is 3.08. The van der Waals surface area contributed by atoms with Gasteiger partial charge in [0, 0.05) is 38.0 Å². The molecular weight excluding hydrogens is 244 g/mol. The number of ether oxygens (including phenoxy) is 1. The van der Waals surface area contributed by atoms with Crippen molar-refractivity contribution in [3.05, 3.63) is 12.7 Å². The summed E-state index contributed by atoms with van der Waals surface area (Å²) < 4.78 is 5.37. The number of hydrogen-bond acceptors (Lipinski definition) is 3. The van der Waals surface area contributed by atoms with E-state index in [1.807, 2.05) is 25.7 Å². The molecule has 2 fully saturated rings. The van der Waals surface area contributed by atoms with Gasteiger partial charge in [-0.25, -0.2) is 4.79 Å². The second kappa shape index (κ2) is 4.87. The molecule has 2 rings (SSSR count). The average molecular weight is 266 g/mol. The molecule has 0 aromatic carbocycles. The van der Waals surface area contributed by atoms with Gasteiger partial charge < -0.3 is 14.5 Å². The van der Waals surface area contributed by atoms with Crippen molar-refractivity contribution in [2.45, 2.75) is 26.4 Å². The van der Waals surface area contributed by atoms with Gasteiger partial charge in [0.15, 0.2) is 0 Å². The Morgan fingerprint density at radius 3 is 2.00 bits per heavy atom. The summed E-state index contributed by atoms with van der Waals surface area (Å²) in [5.41, 5.74) is -0.459. The number of rotatable bonds is 1. The summed E-state index contributed by atoms with van der Waals surface area (Å²) in [5, 5.41) is 0. The number of carbonyl (C=O) groups excluding carboxylic acids is 2. The van der Waals surface area contributed by atoms with Crippen LogP contribution in [-0.4, -0.2) is 53.6 Å². The number of nitrogens with zero attached hydrogens (tertiary/aromatic N) is 2. The molecule has 0 N–H and O–H groups in total. The first kappa shape index (κ1) is 13.9. The summed E-state index contributed by atoms with van der Waals surface area (Å²) in [5.74, 6) is 0.728. The molecule has 0 aromatic heterocycles. The highest BCUT2D eigenvalue weighted by Crippen LogP contribution is 2.31. The predicted octanol–water partition coefficient (Wildman–Crippen LogP) is 1.50. The van der Waals surface area contributed by atoms with Crippen LogP contribution in [0.15, 0.2) is 12.7 Å². The van der Waals surface area contributed by atoms with Crippen LogP contribution in [0.3, 0.4) is 0 Å². The standard InChI is InChI=1S/C14H22N2O3/c1-5-12(17)15-6-10-8-16(9-11(10)7-15)13(18)19-14(2,3)4/h5,10-11H,1,6-9H2,2-4H3/t10-,11+. The van der Waals surface area contributed by atoms with E-state index in [4.69, 9.17) is 4.74 Å². The molecule has 0 aromatic rings. The molecule has 0 aliphatic carbocycles. The van der Waals surface area contributed by atoms with Crippen molar-refractivity contribution in [2.24, 2.45) is 11.8 Å². The first-order valence-electron chi connectivity index (χ1n) is 6.69. The highest BCUT2D eigenvalue weighted by molar-refractivity contribution is 5.87. The summed E-state index contributed by atoms with van der Waals surface area (Å²) in [7, 11) is 0. The summed E-state index contributed by atoms with van der Waals surface area (Å²) in [6.45, 7) is 11.9. The molecule has 2 saturated heterocycles. The molecule has 0 unspecified atom stereocenters. The van der Waals surface area contributed by atoms with Crippen LogP contribution in [-0.2, 0) is 9.53 Å². The van der Waals surface area contributed by atoms with Crippen LogP contribution in [0.5, 0.6) is 0 Å². The maximum Gasteiger partial charge on any atom is 0.410 e. The van der Waals surface area contributed by atoms with Crippen molar-refractivity contribution in [2.75, 3.05) is 26.2 Å². The van der Waals surface area contributed by atoms with Crippen LogP contribution in [0, 0.1) is 11.8 Å². The van der Waals surface area contributed by atoms with E-state index in [0.717, 1.165) is 13.1 Å². The minimum atomic E-state index is -0.459. The van der Waals surface area contributed by atoms with Gasteiger partial charge >= 0.3 is 6.09 Å². The summed E-state index contributed by atoms with van der Waals surface area (Å²) >= 11 is 0. The summed E-state index contributed by atoms with van der Waals surface area (Å²) in [6, 6.07) is 0. The van der Waals surface area contributed by atoms with Crippen LogP contribution < -0.4 is 0 Å². The summed E-state index contributed by atoms with van der Waals surface area (Å²) in [6.07, 6.45) is 1.11. The van der Waals surface area contributed by atoms with E-state index >= 15 is 0 Å². The van der Waals surface area contributed by atoms with Crippen LogP contribution in [0.2, 0.25) is 0 Å². The first-order chi connectivity index (χ1) is 8.80. The monoisotopic (exact) mass is 266 g/mol. The minimum Gasteiger partial charge on any atom is -0.444 e. The Morgan fingerprint density at radius 1 is 1.11 bits per heavy atom. The highest BCUT2D eigenvalue weighted by Gasteiger charge is 2.43. The number of hydrogen-bond donors (Lipinski definition) is 0. The molecular formula is C14H22N2O3. The lowest BCUT2D eigenvalue weighted by atomic mass is 10.0. The highest BCUT2D eigenvalue weighted by atomic mass is 16.6. The molecule has 0 saturated carbocycles. The van der Waals surface area contributed by atoms with E-state index in [0.29, 0.717) is 24.9 Å². The van der Waals surface area contributed by atoms with E-state index in [9.17, 15) is 9.59 Å². The Morgan fingerprint density at radius 2 is 1.58 bits per heavy atom. The number of carbonyl (C=O) groups is 2. The van der Waals surface area contributed by atoms with Gasteiger partial charge in [-0.05, 0) is 26.8 Å². The maximum absolute atomic E-state index is 12.0. The molecule has 106 valence electrons. The molecule has 2 aliphatic rings. The lowest BCUT2D eigenvalue weighted by Gasteiger charge is -2.25. The zero-order valence-electron chi connectivity index (χ0n) is 11.9. The molecule has 0 spiro atoms. The average Bonchev–Trinajstić information content (AvgIpc) is 2.82. The molecule has 0 radical (unpaired) electrons. The number of amides is 2. The van der Waals surface area contributed by atoms with Crippen LogP contribution >= 0.6 is 0 Å². The van der Waals surface area contributed by atoms with E-state index in [1.54, 1.807) is 4.90 Å². The predicted molar refractivity (Wildman–Crippen MR) is 71.6 cm³/mol. The van der Waals surface area contributed by atoms with Gasteiger partial charge in [-0.3, -0.25) is 4.79 Å². The molecule has 2 amide bonds. The lowest BCUT2D eigenvalue weighted by Crippen LogP contribution is -2.38. The van der Waals surface area contributed by atoms with Gasteiger partial charge in [-0.2, -0.15) is 0 Å². The Hall–Kier alpha value is -1.52. The van der Waals surface area contributed by atoms with Crippen LogP contribution in [0.25, 0.3) is 0 Å². The Balaban J connectivity index is 1.89. The van der Waals surface area contributed by atoms with E-state index < -0.39 is 5.60 Å². The molecule has 19 heavy (non-hydrogen) atoms. The van der Waals surface area contributed by atoms with Crippen LogP contribution in [0.4, 0.5) is 4.79 Å². The largest absolute Gasteiger partial charge is 0.444 e. The lowest BCUT2D eigenvalue weighted by molar-refractivity contribution is -0.125. The van der Waals surface area contributed by atoms with Gasteiger partial charge in [-0.15, -0.1) is 0 Å². The zero-order chi connectivity index (χ0) is 14.2. The van der Waals surface area contributed by atoms with Gasteiger partial charge in [0.2, 0.25) is 5.91 Å². The minimum absolute atomic E-state index is 0.0155. The third-order valence-corrected chi connectivity index (χ3v) is 3.62. The molecule has 5 heteroatoms. The smallest absolute Gasteiger partial charge is 0.410 e. The first-order valence-corrected chi connectivity index (χ1v) is 6.69. The fraction of sp³-hybridized carbons (Fsp3) is 0.714. The fourth-order valence-corrected chi connectivity index (χ4v) is 2.78. The zero-order valence-corrected chi connectivity index (χ0v) is 11.9. The van der Waals surface area contributed by atoms with Crippen molar-refractivity contribution in [3.8, 4) is 0 Å². The number of fused-ring (bicyclic) bond motifs is 1. The summed E-state index contributed by atoms with van der Waals surface area (Å²) in [4.78, 5) is 27.1. The van der Waals surface area contributed by atoms with Crippen molar-refractivity contribution in [1.82, 2.24) is 9.80 Å². The SMILES string of the molecule is C=CC(=O)N1C[C@@H]2CN(C(=O)OC(C)(C)C)C[C@@H]2C1. The Bertz CT molecular complexity index is 386. The molecule has 0 bridgehead atoms. The molecule has 2 atom stereocenters. The van der Waals surface area contributed by atoms with Crippen molar-refractivity contribution in [1.29, 1.82) is 0 Å². The second-order valence-electron chi connectivity index (χ2n) is 6.35. The van der Waals surface area contributed by atoms with Gasteiger partial charge in [-0.1, -0.05) is 6.58 Å². The van der Waals surface area contributed by atoms with E-state index in [-0.39, 0.29) is 12.0 Å². The van der Waals surface area contributed by atoms with E-state index in [1.165, 1.54) is 6.08 Å². The number of likely N-dealkylation sites (tertiary alicyclic amines) is 2. The quantitative estimate of drug-likeness (QED) is 0.676. The topological polar surface area (TPSA) is 49.9 Å². The van der Waals surface area contributed by atoms with Crippen molar-refractivity contribution < 1.29 is 14.3 Å². The molecule has 2 aliphatic heterocycles. The van der Waals surface area contributed by atoms with Gasteiger partial charge in [0.05, 0.1) is 0 Å². The van der Waals surface area contributed by atoms with Crippen molar-refractivity contribution >= 4 is 12.0 Å². The van der Waals surface area contributed by atoms with E-state index in [2.05, 4.69) is 6.58 Å². The van der Waals surface area contributed by atoms with Crippen molar-refractivity contribution in [3.63, 3.8) is 0 Å². The Kier molecular flexibility index (Phi) is 3.56. The third-order valence-electron chi connectivity index (χ3n) is 3.62. The van der Waals surface area contributed by atoms with Gasteiger partial charge in [0.1, 0.15) is 5.60 Å². The maximum atomic E-state index is 12.0. The molecule has 2 heterocycles. The van der Waals surface area contributed by atoms with Crippen LogP contribution in [0.1, 0.15) is 20.8 Å². The fourth-order valence-electron chi connectivity index (χ4n) is 2.78. The normalized spacial score (nSPS) is 26.3. The Labute approximate surface area is 114 Å². The van der Waals surface area contributed by atoms with Gasteiger partial charge in [0.25, 0.3) is 0 Å². The molecule has 5 nitrogen and oxygen atoms in total.